The summed E-state index contributed by atoms with van der Waals surface area (Å²) >= 11 is 0. The Hall–Kier alpha value is -2.73. The zero-order valence-corrected chi connectivity index (χ0v) is 18.1. The predicted molar refractivity (Wildman–Crippen MR) is 117 cm³/mol. The zero-order valence-electron chi connectivity index (χ0n) is 18.1. The lowest BCUT2D eigenvalue weighted by atomic mass is 9.82. The van der Waals surface area contributed by atoms with Crippen molar-refractivity contribution in [2.45, 2.75) is 32.4 Å². The van der Waals surface area contributed by atoms with Crippen LogP contribution >= 0.6 is 0 Å². The molecule has 2 unspecified atom stereocenters. The highest BCUT2D eigenvalue weighted by molar-refractivity contribution is 5.76. The minimum atomic E-state index is 0.276. The largest absolute Gasteiger partial charge is 0.497 e. The number of piperidine rings is 1. The molecular formula is C25H30N2O4. The van der Waals surface area contributed by atoms with E-state index in [9.17, 15) is 4.79 Å². The van der Waals surface area contributed by atoms with Crippen LogP contribution in [0.4, 0.5) is 0 Å². The van der Waals surface area contributed by atoms with Gasteiger partial charge in [-0.1, -0.05) is 18.2 Å². The average molecular weight is 423 g/mol. The van der Waals surface area contributed by atoms with E-state index in [1.807, 2.05) is 35.2 Å². The highest BCUT2D eigenvalue weighted by Gasteiger charge is 2.35. The first-order valence-electron chi connectivity index (χ1n) is 11.2. The number of fused-ring (bicyclic) bond motifs is 2. The first kappa shape index (κ1) is 20.2. The summed E-state index contributed by atoms with van der Waals surface area (Å²) in [7, 11) is 1.70. The van der Waals surface area contributed by atoms with Gasteiger partial charge in [0.2, 0.25) is 12.7 Å². The third-order valence-corrected chi connectivity index (χ3v) is 6.91. The summed E-state index contributed by atoms with van der Waals surface area (Å²) in [5.41, 5.74) is 2.41. The fraction of sp³-hybridized carbons (Fsp3) is 0.480. The summed E-state index contributed by atoms with van der Waals surface area (Å²) in [4.78, 5) is 17.6. The molecule has 3 aliphatic rings. The van der Waals surface area contributed by atoms with Gasteiger partial charge in [-0.25, -0.2) is 0 Å². The topological polar surface area (TPSA) is 51.2 Å². The Morgan fingerprint density at radius 2 is 1.71 bits per heavy atom. The number of nitrogens with zero attached hydrogens (tertiary/aromatic N) is 2. The number of hydrogen-bond donors (Lipinski definition) is 0. The van der Waals surface area contributed by atoms with Crippen molar-refractivity contribution < 1.29 is 19.0 Å². The second-order valence-electron chi connectivity index (χ2n) is 8.89. The van der Waals surface area contributed by atoms with Gasteiger partial charge in [-0.2, -0.15) is 0 Å². The number of benzene rings is 2. The van der Waals surface area contributed by atoms with E-state index >= 15 is 0 Å². The molecule has 3 aliphatic heterocycles. The number of carbonyl (C=O) groups is 1. The van der Waals surface area contributed by atoms with Gasteiger partial charge in [-0.3, -0.25) is 9.69 Å². The van der Waals surface area contributed by atoms with Gasteiger partial charge in [0.1, 0.15) is 5.75 Å². The molecule has 2 saturated heterocycles. The molecule has 0 saturated carbocycles. The van der Waals surface area contributed by atoms with Crippen molar-refractivity contribution in [3.8, 4) is 17.2 Å². The van der Waals surface area contributed by atoms with Crippen molar-refractivity contribution in [3.05, 3.63) is 53.6 Å². The lowest BCUT2D eigenvalue weighted by molar-refractivity contribution is -0.132. The van der Waals surface area contributed by atoms with Crippen molar-refractivity contribution in [2.75, 3.05) is 33.5 Å². The van der Waals surface area contributed by atoms with Crippen LogP contribution in [0.15, 0.2) is 42.5 Å². The van der Waals surface area contributed by atoms with E-state index in [4.69, 9.17) is 14.2 Å². The van der Waals surface area contributed by atoms with E-state index in [1.165, 1.54) is 5.56 Å². The zero-order chi connectivity index (χ0) is 21.2. The molecule has 0 aliphatic carbocycles. The van der Waals surface area contributed by atoms with Crippen LogP contribution in [0.3, 0.4) is 0 Å². The molecule has 3 heterocycles. The van der Waals surface area contributed by atoms with Crippen molar-refractivity contribution in [3.63, 3.8) is 0 Å². The Labute approximate surface area is 183 Å². The maximum Gasteiger partial charge on any atom is 0.231 e. The molecule has 6 heteroatoms. The van der Waals surface area contributed by atoms with Crippen LogP contribution in [0.5, 0.6) is 17.2 Å². The fourth-order valence-electron chi connectivity index (χ4n) is 5.11. The number of rotatable bonds is 5. The van der Waals surface area contributed by atoms with Crippen LogP contribution < -0.4 is 14.2 Å². The van der Waals surface area contributed by atoms with Crippen LogP contribution in [-0.2, 0) is 17.9 Å². The lowest BCUT2D eigenvalue weighted by Crippen LogP contribution is -2.40. The number of amides is 1. The number of hydrogen-bond acceptors (Lipinski definition) is 5. The molecular weight excluding hydrogens is 392 g/mol. The molecule has 164 valence electrons. The van der Waals surface area contributed by atoms with Crippen molar-refractivity contribution in [1.82, 2.24) is 9.80 Å². The number of likely N-dealkylation sites (tertiary alicyclic amines) is 2. The molecule has 0 spiro atoms. The number of ether oxygens (including phenoxy) is 3. The van der Waals surface area contributed by atoms with Crippen LogP contribution in [-0.4, -0.2) is 49.2 Å². The van der Waals surface area contributed by atoms with Crippen LogP contribution in [0.2, 0.25) is 0 Å². The summed E-state index contributed by atoms with van der Waals surface area (Å²) in [5, 5.41) is 0. The smallest absolute Gasteiger partial charge is 0.231 e. The Kier molecular flexibility index (Phi) is 5.72. The van der Waals surface area contributed by atoms with E-state index in [0.29, 0.717) is 24.8 Å². The summed E-state index contributed by atoms with van der Waals surface area (Å²) in [6.45, 7) is 4.83. The summed E-state index contributed by atoms with van der Waals surface area (Å²) in [5.74, 6) is 3.83. The van der Waals surface area contributed by atoms with E-state index in [2.05, 4.69) is 17.0 Å². The van der Waals surface area contributed by atoms with Crippen molar-refractivity contribution >= 4 is 5.91 Å². The minimum absolute atomic E-state index is 0.276. The molecule has 2 aromatic carbocycles. The van der Waals surface area contributed by atoms with Gasteiger partial charge in [-0.05, 0) is 66.6 Å². The Balaban J connectivity index is 1.20. The molecule has 1 amide bonds. The Morgan fingerprint density at radius 3 is 2.55 bits per heavy atom. The van der Waals surface area contributed by atoms with Crippen molar-refractivity contribution in [2.24, 2.45) is 11.8 Å². The SMILES string of the molecule is COc1ccc(CN2CCC3CC(=O)N(Cc4ccc5c(c4)OCO5)CCC3C2)cc1. The molecule has 31 heavy (non-hydrogen) atoms. The Bertz CT molecular complexity index is 930. The van der Waals surface area contributed by atoms with E-state index in [-0.39, 0.29) is 12.7 Å². The maximum atomic E-state index is 13.0. The van der Waals surface area contributed by atoms with E-state index in [1.54, 1.807) is 7.11 Å². The quantitative estimate of drug-likeness (QED) is 0.736. The highest BCUT2D eigenvalue weighted by Crippen LogP contribution is 2.35. The standard InChI is InChI=1S/C25H30N2O4/c1-29-22-5-2-18(3-6-22)14-26-10-8-20-13-25(28)27(11-9-21(20)16-26)15-19-4-7-23-24(12-19)31-17-30-23/h2-7,12,20-21H,8-11,13-17H2,1H3. The molecule has 0 bridgehead atoms. The van der Waals surface area contributed by atoms with Gasteiger partial charge in [0.15, 0.2) is 11.5 Å². The second-order valence-corrected chi connectivity index (χ2v) is 8.89. The first-order valence-corrected chi connectivity index (χ1v) is 11.2. The van der Waals surface area contributed by atoms with Gasteiger partial charge in [0.05, 0.1) is 7.11 Å². The first-order chi connectivity index (χ1) is 15.2. The molecule has 6 nitrogen and oxygen atoms in total. The monoisotopic (exact) mass is 422 g/mol. The van der Waals surface area contributed by atoms with Crippen LogP contribution in [0.1, 0.15) is 30.4 Å². The van der Waals surface area contributed by atoms with E-state index < -0.39 is 0 Å². The van der Waals surface area contributed by atoms with E-state index in [0.717, 1.165) is 61.8 Å². The second kappa shape index (κ2) is 8.79. The predicted octanol–water partition coefficient (Wildman–Crippen LogP) is 3.68. The third-order valence-electron chi connectivity index (χ3n) is 6.91. The van der Waals surface area contributed by atoms with Crippen LogP contribution in [0, 0.1) is 11.8 Å². The van der Waals surface area contributed by atoms with Crippen molar-refractivity contribution in [1.29, 1.82) is 0 Å². The molecule has 0 aromatic heterocycles. The molecule has 0 N–H and O–H groups in total. The van der Waals surface area contributed by atoms with Crippen LogP contribution in [0.25, 0.3) is 0 Å². The lowest BCUT2D eigenvalue weighted by Gasteiger charge is -2.37. The summed E-state index contributed by atoms with van der Waals surface area (Å²) in [6, 6.07) is 14.3. The fourth-order valence-corrected chi connectivity index (χ4v) is 5.11. The summed E-state index contributed by atoms with van der Waals surface area (Å²) in [6.07, 6.45) is 2.84. The van der Waals surface area contributed by atoms with Gasteiger partial charge >= 0.3 is 0 Å². The highest BCUT2D eigenvalue weighted by atomic mass is 16.7. The number of carbonyl (C=O) groups excluding carboxylic acids is 1. The molecule has 2 aromatic rings. The Morgan fingerprint density at radius 1 is 0.935 bits per heavy atom. The van der Waals surface area contributed by atoms with Gasteiger partial charge < -0.3 is 19.1 Å². The molecule has 5 rings (SSSR count). The number of methoxy groups -OCH3 is 1. The normalized spacial score (nSPS) is 23.4. The average Bonchev–Trinajstić information content (AvgIpc) is 3.20. The maximum absolute atomic E-state index is 13.0. The van der Waals surface area contributed by atoms with Gasteiger partial charge in [-0.15, -0.1) is 0 Å². The van der Waals surface area contributed by atoms with Gasteiger partial charge in [0, 0.05) is 32.6 Å². The minimum Gasteiger partial charge on any atom is -0.497 e. The summed E-state index contributed by atoms with van der Waals surface area (Å²) < 4.78 is 16.2. The third kappa shape index (κ3) is 4.49. The molecule has 0 radical (unpaired) electrons. The molecule has 2 atom stereocenters. The van der Waals surface area contributed by atoms with Gasteiger partial charge in [0.25, 0.3) is 0 Å². The molecule has 2 fully saturated rings.